The number of nitriles is 1. The largest absolute Gasteiger partial charge is 0.338 e. The standard InChI is InChI=1S/C15H16N4O4/c1-4-15(5-2,6-3)17-13(20)10-18-9-12(19(22)23)7-11(8-16)14(18)21/h1,7,9H,5-6,10H2,2-3H3,(H,17,20). The molecule has 8 nitrogen and oxygen atoms in total. The van der Waals surface area contributed by atoms with Gasteiger partial charge in [0.1, 0.15) is 23.7 Å². The van der Waals surface area contributed by atoms with Gasteiger partial charge >= 0.3 is 0 Å². The molecule has 0 fully saturated rings. The summed E-state index contributed by atoms with van der Waals surface area (Å²) in [5, 5.41) is 22.4. The maximum Gasteiger partial charge on any atom is 0.287 e. The lowest BCUT2D eigenvalue weighted by atomic mass is 9.94. The van der Waals surface area contributed by atoms with Crippen LogP contribution in [0.4, 0.5) is 5.69 Å². The Hall–Kier alpha value is -3.13. The molecule has 0 unspecified atom stereocenters. The molecular weight excluding hydrogens is 300 g/mol. The SMILES string of the molecule is C#CC(CC)(CC)NC(=O)Cn1cc([N+](=O)[O-])cc(C#N)c1=O. The molecule has 23 heavy (non-hydrogen) atoms. The van der Waals surface area contributed by atoms with Crippen molar-refractivity contribution in [2.45, 2.75) is 38.8 Å². The molecule has 1 aromatic rings. The summed E-state index contributed by atoms with van der Waals surface area (Å²) in [6.45, 7) is 3.17. The quantitative estimate of drug-likeness (QED) is 0.476. The second kappa shape index (κ2) is 7.23. The number of carbonyl (C=O) groups is 1. The summed E-state index contributed by atoms with van der Waals surface area (Å²) in [5.74, 6) is 1.96. The second-order valence-electron chi connectivity index (χ2n) is 4.90. The molecule has 1 N–H and O–H groups in total. The van der Waals surface area contributed by atoms with Crippen LogP contribution in [0.2, 0.25) is 0 Å². The lowest BCUT2D eigenvalue weighted by Crippen LogP contribution is -2.48. The Morgan fingerprint density at radius 2 is 2.13 bits per heavy atom. The van der Waals surface area contributed by atoms with Gasteiger partial charge in [0.15, 0.2) is 0 Å². The van der Waals surface area contributed by atoms with Crippen molar-refractivity contribution in [2.24, 2.45) is 0 Å². The summed E-state index contributed by atoms with van der Waals surface area (Å²) in [7, 11) is 0. The van der Waals surface area contributed by atoms with E-state index < -0.39 is 39.7 Å². The highest BCUT2D eigenvalue weighted by molar-refractivity contribution is 5.77. The van der Waals surface area contributed by atoms with Crippen LogP contribution in [0.3, 0.4) is 0 Å². The number of pyridine rings is 1. The molecule has 0 aliphatic heterocycles. The molecule has 1 heterocycles. The van der Waals surface area contributed by atoms with E-state index in [1.165, 1.54) is 0 Å². The number of amides is 1. The first-order valence-corrected chi connectivity index (χ1v) is 6.90. The highest BCUT2D eigenvalue weighted by Gasteiger charge is 2.26. The summed E-state index contributed by atoms with van der Waals surface area (Å²) >= 11 is 0. The topological polar surface area (TPSA) is 118 Å². The zero-order chi connectivity index (χ0) is 17.6. The van der Waals surface area contributed by atoms with Crippen molar-refractivity contribution >= 4 is 11.6 Å². The Balaban J connectivity index is 3.15. The molecule has 0 radical (unpaired) electrons. The minimum absolute atomic E-state index is 0.402. The van der Waals surface area contributed by atoms with Crippen molar-refractivity contribution in [3.63, 3.8) is 0 Å². The van der Waals surface area contributed by atoms with Gasteiger partial charge in [-0.25, -0.2) is 0 Å². The zero-order valence-electron chi connectivity index (χ0n) is 12.8. The average Bonchev–Trinajstić information content (AvgIpc) is 2.54. The molecule has 0 saturated heterocycles. The zero-order valence-corrected chi connectivity index (χ0v) is 12.8. The van der Waals surface area contributed by atoms with Crippen molar-refractivity contribution in [3.8, 4) is 18.4 Å². The van der Waals surface area contributed by atoms with Crippen molar-refractivity contribution in [1.82, 2.24) is 9.88 Å². The highest BCUT2D eigenvalue weighted by atomic mass is 16.6. The summed E-state index contributed by atoms with van der Waals surface area (Å²) < 4.78 is 0.832. The monoisotopic (exact) mass is 316 g/mol. The van der Waals surface area contributed by atoms with E-state index in [0.29, 0.717) is 12.8 Å². The van der Waals surface area contributed by atoms with E-state index in [-0.39, 0.29) is 0 Å². The lowest BCUT2D eigenvalue weighted by Gasteiger charge is -2.27. The molecule has 0 saturated carbocycles. The lowest BCUT2D eigenvalue weighted by molar-refractivity contribution is -0.385. The maximum absolute atomic E-state index is 12.1. The third kappa shape index (κ3) is 3.95. The predicted molar refractivity (Wildman–Crippen MR) is 82.4 cm³/mol. The fourth-order valence-corrected chi connectivity index (χ4v) is 2.05. The van der Waals surface area contributed by atoms with Gasteiger partial charge in [-0.3, -0.25) is 24.3 Å². The van der Waals surface area contributed by atoms with Crippen molar-refractivity contribution in [1.29, 1.82) is 5.26 Å². The van der Waals surface area contributed by atoms with Crippen LogP contribution in [0, 0.1) is 33.8 Å². The Morgan fingerprint density at radius 1 is 1.52 bits per heavy atom. The Labute approximate surface area is 132 Å². The molecule has 1 aromatic heterocycles. The number of terminal acetylenes is 1. The number of nitro groups is 1. The molecule has 0 spiro atoms. The summed E-state index contributed by atoms with van der Waals surface area (Å²) in [6, 6.07) is 2.46. The van der Waals surface area contributed by atoms with Gasteiger partial charge in [0.25, 0.3) is 11.2 Å². The van der Waals surface area contributed by atoms with Gasteiger partial charge in [-0.1, -0.05) is 19.8 Å². The number of rotatable bonds is 6. The van der Waals surface area contributed by atoms with Crippen molar-refractivity contribution < 1.29 is 9.72 Å². The van der Waals surface area contributed by atoms with Gasteiger partial charge in [0, 0.05) is 6.07 Å². The molecule has 8 heteroatoms. The van der Waals surface area contributed by atoms with Gasteiger partial charge in [0.2, 0.25) is 5.91 Å². The van der Waals surface area contributed by atoms with Crippen LogP contribution in [0.25, 0.3) is 0 Å². The van der Waals surface area contributed by atoms with E-state index in [2.05, 4.69) is 11.2 Å². The minimum atomic E-state index is -0.834. The van der Waals surface area contributed by atoms with E-state index in [1.807, 2.05) is 13.8 Å². The first-order valence-electron chi connectivity index (χ1n) is 6.90. The Bertz CT molecular complexity index is 763. The van der Waals surface area contributed by atoms with E-state index in [9.17, 15) is 19.7 Å². The molecule has 0 aromatic carbocycles. The Kier molecular flexibility index (Phi) is 5.63. The molecule has 0 aliphatic carbocycles. The first-order chi connectivity index (χ1) is 10.8. The second-order valence-corrected chi connectivity index (χ2v) is 4.90. The fraction of sp³-hybridized carbons (Fsp3) is 0.400. The van der Waals surface area contributed by atoms with Crippen LogP contribution >= 0.6 is 0 Å². The van der Waals surface area contributed by atoms with Gasteiger partial charge < -0.3 is 5.32 Å². The van der Waals surface area contributed by atoms with Gasteiger partial charge in [-0.2, -0.15) is 5.26 Å². The number of aromatic nitrogens is 1. The molecular formula is C15H16N4O4. The Morgan fingerprint density at radius 3 is 2.57 bits per heavy atom. The molecule has 0 bridgehead atoms. The highest BCUT2D eigenvalue weighted by Crippen LogP contribution is 2.14. The molecule has 1 rings (SSSR count). The minimum Gasteiger partial charge on any atom is -0.338 e. The van der Waals surface area contributed by atoms with Crippen LogP contribution in [0.15, 0.2) is 17.1 Å². The number of hydrogen-bond donors (Lipinski definition) is 1. The summed E-state index contributed by atoms with van der Waals surface area (Å²) in [5.41, 5.74) is -2.45. The van der Waals surface area contributed by atoms with Crippen LogP contribution in [0.1, 0.15) is 32.3 Å². The predicted octanol–water partition coefficient (Wildman–Crippen LogP) is 0.936. The van der Waals surface area contributed by atoms with Crippen LogP contribution in [-0.2, 0) is 11.3 Å². The number of carbonyl (C=O) groups excluding carboxylic acids is 1. The van der Waals surface area contributed by atoms with Crippen LogP contribution in [0.5, 0.6) is 0 Å². The molecule has 120 valence electrons. The van der Waals surface area contributed by atoms with Crippen LogP contribution < -0.4 is 10.9 Å². The van der Waals surface area contributed by atoms with E-state index in [1.54, 1.807) is 6.07 Å². The van der Waals surface area contributed by atoms with Gasteiger partial charge in [0.05, 0.1) is 11.1 Å². The van der Waals surface area contributed by atoms with E-state index in [0.717, 1.165) is 16.8 Å². The number of nitrogens with one attached hydrogen (secondary N) is 1. The summed E-state index contributed by atoms with van der Waals surface area (Å²) in [6.07, 6.45) is 7.37. The third-order valence-corrected chi connectivity index (χ3v) is 3.58. The van der Waals surface area contributed by atoms with Crippen molar-refractivity contribution in [3.05, 3.63) is 38.3 Å². The van der Waals surface area contributed by atoms with E-state index in [4.69, 9.17) is 11.7 Å². The summed E-state index contributed by atoms with van der Waals surface area (Å²) in [4.78, 5) is 34.2. The van der Waals surface area contributed by atoms with Gasteiger partial charge in [-0.15, -0.1) is 6.42 Å². The first kappa shape index (κ1) is 17.9. The smallest absolute Gasteiger partial charge is 0.287 e. The maximum atomic E-state index is 12.1. The molecule has 1 amide bonds. The number of hydrogen-bond acceptors (Lipinski definition) is 5. The van der Waals surface area contributed by atoms with Crippen LogP contribution in [-0.4, -0.2) is 20.9 Å². The van der Waals surface area contributed by atoms with Gasteiger partial charge in [-0.05, 0) is 12.8 Å². The van der Waals surface area contributed by atoms with E-state index >= 15 is 0 Å². The fourth-order valence-electron chi connectivity index (χ4n) is 2.05. The molecule has 0 atom stereocenters. The molecule has 0 aliphatic rings. The number of nitrogens with zero attached hydrogens (tertiary/aromatic N) is 3. The van der Waals surface area contributed by atoms with Crippen molar-refractivity contribution in [2.75, 3.05) is 0 Å². The normalized spacial score (nSPS) is 10.4. The third-order valence-electron chi connectivity index (χ3n) is 3.58. The average molecular weight is 316 g/mol.